The van der Waals surface area contributed by atoms with E-state index in [4.69, 9.17) is 4.74 Å². The van der Waals surface area contributed by atoms with E-state index >= 15 is 0 Å². The predicted octanol–water partition coefficient (Wildman–Crippen LogP) is 2.63. The zero-order valence-corrected chi connectivity index (χ0v) is 17.5. The molecule has 7 nitrogen and oxygen atoms in total. The summed E-state index contributed by atoms with van der Waals surface area (Å²) in [5.74, 6) is -1.26. The standard InChI is InChI=1S/C21H24N2O5S/c1-4-22-15(2)12-19(16(22)3)21(25)28-13-20(24)23(17-8-6-5-7-9-17)18-10-11-29(26,27)14-18/h5-12,18H,4,13-14H2,1-3H3/t18-/m1/s1. The quantitative estimate of drug-likeness (QED) is 0.676. The Hall–Kier alpha value is -2.87. The van der Waals surface area contributed by atoms with Crippen LogP contribution in [-0.4, -0.2) is 43.3 Å². The summed E-state index contributed by atoms with van der Waals surface area (Å²) in [7, 11) is -3.35. The van der Waals surface area contributed by atoms with Crippen LogP contribution in [0.3, 0.4) is 0 Å². The number of benzene rings is 1. The van der Waals surface area contributed by atoms with Gasteiger partial charge in [0.2, 0.25) is 0 Å². The van der Waals surface area contributed by atoms with Gasteiger partial charge in [-0.15, -0.1) is 0 Å². The van der Waals surface area contributed by atoms with Crippen LogP contribution < -0.4 is 4.90 Å². The number of anilines is 1. The molecule has 2 aromatic rings. The highest BCUT2D eigenvalue weighted by atomic mass is 32.2. The van der Waals surface area contributed by atoms with Crippen LogP contribution in [0.2, 0.25) is 0 Å². The summed E-state index contributed by atoms with van der Waals surface area (Å²) in [5.41, 5.74) is 2.69. The smallest absolute Gasteiger partial charge is 0.340 e. The van der Waals surface area contributed by atoms with Crippen molar-refractivity contribution >= 4 is 27.4 Å². The summed E-state index contributed by atoms with van der Waals surface area (Å²) >= 11 is 0. The number of ether oxygens (including phenoxy) is 1. The Balaban J connectivity index is 1.77. The Kier molecular flexibility index (Phi) is 5.93. The summed E-state index contributed by atoms with van der Waals surface area (Å²) in [5, 5.41) is 1.12. The van der Waals surface area contributed by atoms with Crippen molar-refractivity contribution in [3.05, 3.63) is 64.8 Å². The highest BCUT2D eigenvalue weighted by molar-refractivity contribution is 7.94. The number of hydrogen-bond acceptors (Lipinski definition) is 5. The fourth-order valence-corrected chi connectivity index (χ4v) is 4.87. The molecule has 0 saturated carbocycles. The highest BCUT2D eigenvalue weighted by Gasteiger charge is 2.32. The van der Waals surface area contributed by atoms with Crippen molar-refractivity contribution in [2.75, 3.05) is 17.3 Å². The summed E-state index contributed by atoms with van der Waals surface area (Å²) in [4.78, 5) is 26.8. The molecular formula is C21H24N2O5S. The second-order valence-electron chi connectivity index (χ2n) is 6.93. The van der Waals surface area contributed by atoms with Gasteiger partial charge in [-0.25, -0.2) is 13.2 Å². The molecular weight excluding hydrogens is 392 g/mol. The third-order valence-corrected chi connectivity index (χ3v) is 6.36. The summed E-state index contributed by atoms with van der Waals surface area (Å²) in [6.45, 7) is 5.98. The maximum Gasteiger partial charge on any atom is 0.340 e. The van der Waals surface area contributed by atoms with Gasteiger partial charge in [-0.3, -0.25) is 4.79 Å². The first-order valence-corrected chi connectivity index (χ1v) is 11.1. The van der Waals surface area contributed by atoms with Gasteiger partial charge in [0, 0.05) is 29.0 Å². The largest absolute Gasteiger partial charge is 0.452 e. The molecule has 1 atom stereocenters. The second-order valence-corrected chi connectivity index (χ2v) is 8.86. The summed E-state index contributed by atoms with van der Waals surface area (Å²) < 4.78 is 30.9. The number of aromatic nitrogens is 1. The van der Waals surface area contributed by atoms with Crippen LogP contribution in [0.1, 0.15) is 28.7 Å². The maximum absolute atomic E-state index is 12.9. The minimum absolute atomic E-state index is 0.195. The Morgan fingerprint density at radius 1 is 1.21 bits per heavy atom. The van der Waals surface area contributed by atoms with Gasteiger partial charge in [0.25, 0.3) is 5.91 Å². The normalized spacial score (nSPS) is 17.3. The van der Waals surface area contributed by atoms with E-state index in [-0.39, 0.29) is 5.75 Å². The minimum Gasteiger partial charge on any atom is -0.452 e. The number of sulfone groups is 1. The van der Waals surface area contributed by atoms with Crippen molar-refractivity contribution in [3.8, 4) is 0 Å². The lowest BCUT2D eigenvalue weighted by atomic mass is 10.2. The van der Waals surface area contributed by atoms with Crippen LogP contribution >= 0.6 is 0 Å². The van der Waals surface area contributed by atoms with Gasteiger partial charge in [-0.1, -0.05) is 18.2 Å². The van der Waals surface area contributed by atoms with E-state index in [2.05, 4.69) is 0 Å². The SMILES string of the molecule is CCn1c(C)cc(C(=O)OCC(=O)N(c2ccccc2)[C@@H]2C=CS(=O)(=O)C2)c1C. The number of amides is 1. The molecule has 0 unspecified atom stereocenters. The summed E-state index contributed by atoms with van der Waals surface area (Å²) in [6, 6.07) is 9.85. The Bertz CT molecular complexity index is 1050. The van der Waals surface area contributed by atoms with Gasteiger partial charge in [0.15, 0.2) is 16.4 Å². The van der Waals surface area contributed by atoms with Gasteiger partial charge in [-0.2, -0.15) is 0 Å². The van der Waals surface area contributed by atoms with Crippen molar-refractivity contribution in [2.45, 2.75) is 33.4 Å². The average Bonchev–Trinajstić information content (AvgIpc) is 3.18. The van der Waals surface area contributed by atoms with Crippen LogP contribution in [0.5, 0.6) is 0 Å². The fraction of sp³-hybridized carbons (Fsp3) is 0.333. The molecule has 0 fully saturated rings. The third-order valence-electron chi connectivity index (χ3n) is 4.98. The number of nitrogens with zero attached hydrogens (tertiary/aromatic N) is 2. The van der Waals surface area contributed by atoms with E-state index in [1.54, 1.807) is 36.4 Å². The Labute approximate surface area is 170 Å². The summed E-state index contributed by atoms with van der Waals surface area (Å²) in [6.07, 6.45) is 1.48. The zero-order valence-electron chi connectivity index (χ0n) is 16.7. The molecule has 0 spiro atoms. The molecule has 3 rings (SSSR count). The molecule has 1 amide bonds. The molecule has 154 valence electrons. The molecule has 1 aliphatic rings. The first-order valence-electron chi connectivity index (χ1n) is 9.35. The number of aryl methyl sites for hydroxylation is 1. The fourth-order valence-electron chi connectivity index (χ4n) is 3.60. The van der Waals surface area contributed by atoms with Crippen molar-refractivity contribution in [2.24, 2.45) is 0 Å². The topological polar surface area (TPSA) is 85.7 Å². The predicted molar refractivity (Wildman–Crippen MR) is 111 cm³/mol. The number of carbonyl (C=O) groups is 2. The van der Waals surface area contributed by atoms with E-state index < -0.39 is 34.4 Å². The molecule has 0 radical (unpaired) electrons. The van der Waals surface area contributed by atoms with E-state index in [0.29, 0.717) is 11.3 Å². The van der Waals surface area contributed by atoms with Gasteiger partial charge in [-0.05, 0) is 45.0 Å². The van der Waals surface area contributed by atoms with E-state index in [9.17, 15) is 18.0 Å². The van der Waals surface area contributed by atoms with Crippen molar-refractivity contribution in [1.82, 2.24) is 4.57 Å². The highest BCUT2D eigenvalue weighted by Crippen LogP contribution is 2.23. The lowest BCUT2D eigenvalue weighted by molar-refractivity contribution is -0.121. The number of esters is 1. The monoisotopic (exact) mass is 416 g/mol. The number of rotatable bonds is 6. The van der Waals surface area contributed by atoms with E-state index in [0.717, 1.165) is 23.3 Å². The second kappa shape index (κ2) is 8.24. The molecule has 1 aliphatic heterocycles. The van der Waals surface area contributed by atoms with Crippen LogP contribution in [0.15, 0.2) is 47.9 Å². The third kappa shape index (κ3) is 4.42. The van der Waals surface area contributed by atoms with Gasteiger partial charge >= 0.3 is 5.97 Å². The number of carbonyl (C=O) groups excluding carboxylic acids is 2. The van der Waals surface area contributed by atoms with Crippen molar-refractivity contribution < 1.29 is 22.7 Å². The van der Waals surface area contributed by atoms with Gasteiger partial charge < -0.3 is 14.2 Å². The lowest BCUT2D eigenvalue weighted by Gasteiger charge is -2.27. The molecule has 0 aliphatic carbocycles. The van der Waals surface area contributed by atoms with Crippen LogP contribution in [0.25, 0.3) is 0 Å². The molecule has 0 N–H and O–H groups in total. The van der Waals surface area contributed by atoms with Gasteiger partial charge in [0.05, 0.1) is 17.4 Å². The average molecular weight is 416 g/mol. The molecule has 0 saturated heterocycles. The lowest BCUT2D eigenvalue weighted by Crippen LogP contribution is -2.43. The first kappa shape index (κ1) is 20.9. The van der Waals surface area contributed by atoms with Gasteiger partial charge in [0.1, 0.15) is 0 Å². The molecule has 29 heavy (non-hydrogen) atoms. The Morgan fingerprint density at radius 2 is 1.90 bits per heavy atom. The minimum atomic E-state index is -3.35. The van der Waals surface area contributed by atoms with Crippen LogP contribution in [0, 0.1) is 13.8 Å². The zero-order chi connectivity index (χ0) is 21.2. The molecule has 8 heteroatoms. The molecule has 1 aromatic heterocycles. The van der Waals surface area contributed by atoms with Crippen LogP contribution in [0.4, 0.5) is 5.69 Å². The first-order chi connectivity index (χ1) is 13.7. The van der Waals surface area contributed by atoms with E-state index in [1.807, 2.05) is 25.3 Å². The van der Waals surface area contributed by atoms with E-state index in [1.165, 1.54) is 11.0 Å². The number of hydrogen-bond donors (Lipinski definition) is 0. The molecule has 2 heterocycles. The molecule has 0 bridgehead atoms. The molecule has 1 aromatic carbocycles. The number of para-hydroxylation sites is 1. The van der Waals surface area contributed by atoms with Crippen LogP contribution in [-0.2, 0) is 25.9 Å². The Morgan fingerprint density at radius 3 is 2.45 bits per heavy atom. The maximum atomic E-state index is 12.9. The van der Waals surface area contributed by atoms with Crippen molar-refractivity contribution in [3.63, 3.8) is 0 Å². The van der Waals surface area contributed by atoms with Crippen molar-refractivity contribution in [1.29, 1.82) is 0 Å².